The summed E-state index contributed by atoms with van der Waals surface area (Å²) in [6.07, 6.45) is 2.31. The lowest BCUT2D eigenvalue weighted by atomic mass is 10.2. The minimum absolute atomic E-state index is 0.0820. The minimum atomic E-state index is -0.0820. The lowest BCUT2D eigenvalue weighted by Crippen LogP contribution is -2.25. The largest absolute Gasteiger partial charge is 0.352 e. The van der Waals surface area contributed by atoms with Gasteiger partial charge < -0.3 is 5.32 Å². The van der Waals surface area contributed by atoms with E-state index in [1.807, 2.05) is 19.1 Å². The number of rotatable bonds is 4. The smallest absolute Gasteiger partial charge is 0.251 e. The molecule has 0 saturated heterocycles. The third-order valence-electron chi connectivity index (χ3n) is 2.89. The van der Waals surface area contributed by atoms with E-state index in [1.165, 1.54) is 0 Å². The normalized spacial score (nSPS) is 10.8. The zero-order chi connectivity index (χ0) is 13.9. The number of nitrogens with one attached hydrogen (secondary N) is 2. The fraction of sp³-hybridized carbons (Fsp3) is 0.231. The van der Waals surface area contributed by atoms with Crippen LogP contribution in [0.4, 0.5) is 0 Å². The van der Waals surface area contributed by atoms with Crippen LogP contribution in [0.15, 0.2) is 24.4 Å². The number of hydrogen-bond acceptors (Lipinski definition) is 5. The van der Waals surface area contributed by atoms with Crippen LogP contribution in [-0.2, 0) is 6.42 Å². The molecule has 0 saturated carbocycles. The molecule has 3 aromatic rings. The molecule has 3 rings (SSSR count). The van der Waals surface area contributed by atoms with Gasteiger partial charge in [-0.15, -0.1) is 11.3 Å². The van der Waals surface area contributed by atoms with Crippen molar-refractivity contribution in [3.8, 4) is 0 Å². The highest BCUT2D eigenvalue weighted by Gasteiger charge is 2.08. The zero-order valence-electron chi connectivity index (χ0n) is 10.9. The minimum Gasteiger partial charge on any atom is -0.352 e. The summed E-state index contributed by atoms with van der Waals surface area (Å²) in [5.41, 5.74) is 2.42. The van der Waals surface area contributed by atoms with Crippen LogP contribution in [0.3, 0.4) is 0 Å². The standard InChI is InChI=1S/C13H13N5OS/c1-8-16-11-3-2-9(6-12(11)20-8)13(19)14-5-4-10-7-15-18-17-10/h2-3,6-7H,4-5H2,1H3,(H,14,19)(H,15,17,18). The van der Waals surface area contributed by atoms with Gasteiger partial charge >= 0.3 is 0 Å². The molecule has 2 heterocycles. The molecule has 1 aromatic carbocycles. The van der Waals surface area contributed by atoms with E-state index in [2.05, 4.69) is 25.7 Å². The Morgan fingerprint density at radius 3 is 3.15 bits per heavy atom. The lowest BCUT2D eigenvalue weighted by Gasteiger charge is -2.03. The van der Waals surface area contributed by atoms with Crippen LogP contribution >= 0.6 is 11.3 Å². The molecule has 0 aliphatic heterocycles. The highest BCUT2D eigenvalue weighted by atomic mass is 32.1. The molecule has 0 atom stereocenters. The molecule has 0 radical (unpaired) electrons. The third kappa shape index (κ3) is 2.67. The Bertz CT molecular complexity index is 734. The summed E-state index contributed by atoms with van der Waals surface area (Å²) in [4.78, 5) is 16.4. The molecule has 0 unspecified atom stereocenters. The van der Waals surface area contributed by atoms with E-state index >= 15 is 0 Å². The number of fused-ring (bicyclic) bond motifs is 1. The highest BCUT2D eigenvalue weighted by Crippen LogP contribution is 2.22. The lowest BCUT2D eigenvalue weighted by molar-refractivity contribution is 0.0954. The second-order valence-corrected chi connectivity index (χ2v) is 5.62. The fourth-order valence-electron chi connectivity index (χ4n) is 1.93. The average Bonchev–Trinajstić information content (AvgIpc) is 3.05. The van der Waals surface area contributed by atoms with Gasteiger partial charge in [-0.2, -0.15) is 15.4 Å². The first kappa shape index (κ1) is 12.7. The van der Waals surface area contributed by atoms with Crippen molar-refractivity contribution >= 4 is 27.5 Å². The van der Waals surface area contributed by atoms with Crippen molar-refractivity contribution in [3.05, 3.63) is 40.7 Å². The third-order valence-corrected chi connectivity index (χ3v) is 3.82. The van der Waals surface area contributed by atoms with Crippen LogP contribution in [0.5, 0.6) is 0 Å². The monoisotopic (exact) mass is 287 g/mol. The first-order valence-corrected chi connectivity index (χ1v) is 7.04. The van der Waals surface area contributed by atoms with Crippen LogP contribution in [0, 0.1) is 6.92 Å². The molecule has 6 nitrogen and oxygen atoms in total. The van der Waals surface area contributed by atoms with E-state index in [1.54, 1.807) is 23.6 Å². The van der Waals surface area contributed by atoms with Crippen molar-refractivity contribution in [1.29, 1.82) is 0 Å². The van der Waals surface area contributed by atoms with Crippen LogP contribution < -0.4 is 5.32 Å². The predicted molar refractivity (Wildman–Crippen MR) is 76.8 cm³/mol. The summed E-state index contributed by atoms with van der Waals surface area (Å²) in [6, 6.07) is 5.56. The molecule has 0 bridgehead atoms. The van der Waals surface area contributed by atoms with Gasteiger partial charge in [0, 0.05) is 18.5 Å². The molecule has 102 valence electrons. The second kappa shape index (κ2) is 5.38. The second-order valence-electron chi connectivity index (χ2n) is 4.38. The van der Waals surface area contributed by atoms with E-state index in [0.717, 1.165) is 20.9 Å². The molecule has 2 N–H and O–H groups in total. The fourth-order valence-corrected chi connectivity index (χ4v) is 2.80. The first-order chi connectivity index (χ1) is 9.72. The maximum atomic E-state index is 12.1. The van der Waals surface area contributed by atoms with Gasteiger partial charge in [-0.25, -0.2) is 4.98 Å². The number of carbonyl (C=O) groups is 1. The number of benzene rings is 1. The number of aromatic amines is 1. The first-order valence-electron chi connectivity index (χ1n) is 6.22. The summed E-state index contributed by atoms with van der Waals surface area (Å²) >= 11 is 1.59. The number of nitrogens with zero attached hydrogens (tertiary/aromatic N) is 3. The number of carbonyl (C=O) groups excluding carboxylic acids is 1. The molecule has 0 aliphatic rings. The highest BCUT2D eigenvalue weighted by molar-refractivity contribution is 7.18. The number of aromatic nitrogens is 4. The van der Waals surface area contributed by atoms with Crippen molar-refractivity contribution in [1.82, 2.24) is 25.7 Å². The number of H-pyrrole nitrogens is 1. The van der Waals surface area contributed by atoms with Gasteiger partial charge in [0.25, 0.3) is 5.91 Å². The van der Waals surface area contributed by atoms with Crippen LogP contribution in [-0.4, -0.2) is 32.8 Å². The van der Waals surface area contributed by atoms with Gasteiger partial charge in [0.05, 0.1) is 27.1 Å². The molecule has 2 aromatic heterocycles. The summed E-state index contributed by atoms with van der Waals surface area (Å²) in [5.74, 6) is -0.0820. The maximum Gasteiger partial charge on any atom is 0.251 e. The molecule has 7 heteroatoms. The van der Waals surface area contributed by atoms with Gasteiger partial charge in [0.15, 0.2) is 0 Å². The van der Waals surface area contributed by atoms with Gasteiger partial charge in [-0.05, 0) is 25.1 Å². The summed E-state index contributed by atoms with van der Waals surface area (Å²) in [6.45, 7) is 2.49. The van der Waals surface area contributed by atoms with Gasteiger partial charge in [0.2, 0.25) is 0 Å². The van der Waals surface area contributed by atoms with Crippen LogP contribution in [0.2, 0.25) is 0 Å². The SMILES string of the molecule is Cc1nc2ccc(C(=O)NCCc3cn[nH]n3)cc2s1. The molecule has 0 fully saturated rings. The van der Waals surface area contributed by atoms with E-state index in [0.29, 0.717) is 18.5 Å². The van der Waals surface area contributed by atoms with E-state index in [4.69, 9.17) is 0 Å². The van der Waals surface area contributed by atoms with Crippen LogP contribution in [0.25, 0.3) is 10.2 Å². The molecule has 0 aliphatic carbocycles. The van der Waals surface area contributed by atoms with Crippen molar-refractivity contribution in [3.63, 3.8) is 0 Å². The topological polar surface area (TPSA) is 83.6 Å². The maximum absolute atomic E-state index is 12.1. The Labute approximate surface area is 119 Å². The molecular weight excluding hydrogens is 274 g/mol. The average molecular weight is 287 g/mol. The summed E-state index contributed by atoms with van der Waals surface area (Å²) < 4.78 is 1.03. The predicted octanol–water partition coefficient (Wildman–Crippen LogP) is 1.70. The summed E-state index contributed by atoms with van der Waals surface area (Å²) in [5, 5.41) is 14.1. The van der Waals surface area contributed by atoms with Crippen molar-refractivity contribution in [2.45, 2.75) is 13.3 Å². The Hall–Kier alpha value is -2.28. The van der Waals surface area contributed by atoms with Crippen molar-refractivity contribution < 1.29 is 4.79 Å². The molecule has 0 spiro atoms. The van der Waals surface area contributed by atoms with E-state index in [9.17, 15) is 4.79 Å². The Kier molecular flexibility index (Phi) is 3.42. The molecular formula is C13H13N5OS. The van der Waals surface area contributed by atoms with Crippen molar-refractivity contribution in [2.75, 3.05) is 6.54 Å². The number of aryl methyl sites for hydroxylation is 1. The Balaban J connectivity index is 1.65. The number of hydrogen-bond donors (Lipinski definition) is 2. The Morgan fingerprint density at radius 2 is 2.35 bits per heavy atom. The molecule has 1 amide bonds. The van der Waals surface area contributed by atoms with E-state index in [-0.39, 0.29) is 5.91 Å². The number of thiazole rings is 1. The van der Waals surface area contributed by atoms with E-state index < -0.39 is 0 Å². The Morgan fingerprint density at radius 1 is 1.45 bits per heavy atom. The molecule has 20 heavy (non-hydrogen) atoms. The van der Waals surface area contributed by atoms with Crippen LogP contribution in [0.1, 0.15) is 21.1 Å². The van der Waals surface area contributed by atoms with Gasteiger partial charge in [0.1, 0.15) is 0 Å². The van der Waals surface area contributed by atoms with Gasteiger partial charge in [-0.3, -0.25) is 4.79 Å². The van der Waals surface area contributed by atoms with Crippen molar-refractivity contribution in [2.24, 2.45) is 0 Å². The number of amides is 1. The quantitative estimate of drug-likeness (QED) is 0.765. The summed E-state index contributed by atoms with van der Waals surface area (Å²) in [7, 11) is 0. The zero-order valence-corrected chi connectivity index (χ0v) is 11.7. The van der Waals surface area contributed by atoms with Gasteiger partial charge in [-0.1, -0.05) is 0 Å².